The third kappa shape index (κ3) is 3.38. The number of carbonyl (C=O) groups excluding carboxylic acids is 1. The molecule has 7 heteroatoms. The van der Waals surface area contributed by atoms with Crippen molar-refractivity contribution < 1.29 is 21.8 Å². The van der Waals surface area contributed by atoms with E-state index in [0.717, 1.165) is 6.42 Å². The van der Waals surface area contributed by atoms with E-state index in [-0.39, 0.29) is 25.0 Å². The van der Waals surface area contributed by atoms with Crippen LogP contribution in [0, 0.1) is 11.8 Å². The number of rotatable bonds is 3. The number of hydrogen-bond donors (Lipinski definition) is 0. The van der Waals surface area contributed by atoms with Gasteiger partial charge in [-0.2, -0.15) is 8.42 Å². The maximum atomic E-state index is 12.5. The maximum absolute atomic E-state index is 12.5. The topological polar surface area (TPSA) is 63.7 Å². The number of hydrogen-bond acceptors (Lipinski definition) is 4. The first-order valence-electron chi connectivity index (χ1n) is 5.69. The van der Waals surface area contributed by atoms with E-state index >= 15 is 0 Å². The lowest BCUT2D eigenvalue weighted by atomic mass is 10.2. The molecule has 1 aliphatic carbocycles. The summed E-state index contributed by atoms with van der Waals surface area (Å²) in [5.74, 6) is -0.150. The molecule has 2 aliphatic rings. The van der Waals surface area contributed by atoms with E-state index in [0.29, 0.717) is 12.5 Å². The first-order chi connectivity index (χ1) is 7.87. The zero-order valence-corrected chi connectivity index (χ0v) is 10.5. The Hall–Kier alpha value is -0.690. The van der Waals surface area contributed by atoms with Crippen LogP contribution in [0.5, 0.6) is 0 Å². The van der Waals surface area contributed by atoms with Crippen molar-refractivity contribution in [2.24, 2.45) is 11.8 Å². The molecule has 2 fully saturated rings. The maximum Gasteiger partial charge on any atom is 0.305 e. The second-order valence-electron chi connectivity index (χ2n) is 4.80. The van der Waals surface area contributed by atoms with Gasteiger partial charge in [-0.25, -0.2) is 0 Å². The standard InChI is InChI=1S/C10H16FNO4S/c1-7-4-9(7)10(13)12-2-3-16-8(5-12)6-17(11,14)15/h7-9H,2-6H2,1H3. The zero-order chi connectivity index (χ0) is 12.6. The molecular weight excluding hydrogens is 249 g/mol. The monoisotopic (exact) mass is 265 g/mol. The van der Waals surface area contributed by atoms with Gasteiger partial charge in [0.15, 0.2) is 0 Å². The molecule has 3 atom stereocenters. The lowest BCUT2D eigenvalue weighted by Crippen LogP contribution is -2.48. The summed E-state index contributed by atoms with van der Waals surface area (Å²) in [4.78, 5) is 13.5. The average molecular weight is 265 g/mol. The fourth-order valence-corrected chi connectivity index (χ4v) is 2.79. The Morgan fingerprint density at radius 3 is 2.71 bits per heavy atom. The summed E-state index contributed by atoms with van der Waals surface area (Å²) in [5.41, 5.74) is 0. The third-order valence-electron chi connectivity index (χ3n) is 3.26. The Morgan fingerprint density at radius 2 is 2.18 bits per heavy atom. The number of morpholine rings is 1. The molecule has 0 aromatic rings. The van der Waals surface area contributed by atoms with Gasteiger partial charge in [0, 0.05) is 19.0 Å². The Labute approximate surface area is 100 Å². The normalized spacial score (nSPS) is 33.5. The van der Waals surface area contributed by atoms with Crippen molar-refractivity contribution in [1.82, 2.24) is 4.90 Å². The third-order valence-corrected chi connectivity index (χ3v) is 4.03. The first kappa shape index (κ1) is 12.8. The molecule has 0 aromatic carbocycles. The van der Waals surface area contributed by atoms with Gasteiger partial charge in [-0.05, 0) is 12.3 Å². The van der Waals surface area contributed by atoms with Crippen LogP contribution in [0.2, 0.25) is 0 Å². The summed E-state index contributed by atoms with van der Waals surface area (Å²) in [7, 11) is -4.55. The fraction of sp³-hybridized carbons (Fsp3) is 0.900. The van der Waals surface area contributed by atoms with E-state index in [1.54, 1.807) is 4.90 Å². The largest absolute Gasteiger partial charge is 0.373 e. The van der Waals surface area contributed by atoms with E-state index in [2.05, 4.69) is 0 Å². The Balaban J connectivity index is 1.90. The van der Waals surface area contributed by atoms with Crippen molar-refractivity contribution in [3.8, 4) is 0 Å². The Kier molecular flexibility index (Phi) is 3.40. The van der Waals surface area contributed by atoms with Crippen LogP contribution in [0.3, 0.4) is 0 Å². The van der Waals surface area contributed by atoms with Crippen molar-refractivity contribution >= 4 is 16.1 Å². The summed E-state index contributed by atoms with van der Waals surface area (Å²) in [5, 5.41) is 0. The highest BCUT2D eigenvalue weighted by Crippen LogP contribution is 2.39. The highest BCUT2D eigenvalue weighted by Gasteiger charge is 2.42. The van der Waals surface area contributed by atoms with E-state index < -0.39 is 22.1 Å². The molecule has 3 unspecified atom stereocenters. The summed E-state index contributed by atoms with van der Waals surface area (Å²) in [6.45, 7) is 2.91. The molecule has 0 aromatic heterocycles. The van der Waals surface area contributed by atoms with Crippen molar-refractivity contribution in [3.05, 3.63) is 0 Å². The van der Waals surface area contributed by atoms with Gasteiger partial charge in [0.25, 0.3) is 0 Å². The molecule has 1 saturated carbocycles. The number of ether oxygens (including phenoxy) is 1. The lowest BCUT2D eigenvalue weighted by Gasteiger charge is -2.32. The van der Waals surface area contributed by atoms with Gasteiger partial charge in [-0.3, -0.25) is 4.79 Å². The number of amides is 1. The summed E-state index contributed by atoms with van der Waals surface area (Å²) >= 11 is 0. The molecule has 0 bridgehead atoms. The van der Waals surface area contributed by atoms with E-state index in [9.17, 15) is 17.1 Å². The van der Waals surface area contributed by atoms with Crippen LogP contribution in [0.4, 0.5) is 3.89 Å². The molecule has 2 rings (SSSR count). The molecule has 1 heterocycles. The predicted octanol–water partition coefficient (Wildman–Crippen LogP) is 0.169. The molecular formula is C10H16FNO4S. The van der Waals surface area contributed by atoms with Crippen LogP contribution >= 0.6 is 0 Å². The van der Waals surface area contributed by atoms with Gasteiger partial charge >= 0.3 is 10.2 Å². The smallest absolute Gasteiger partial charge is 0.305 e. The van der Waals surface area contributed by atoms with Gasteiger partial charge < -0.3 is 9.64 Å². The minimum atomic E-state index is -4.55. The van der Waals surface area contributed by atoms with Crippen molar-refractivity contribution in [3.63, 3.8) is 0 Å². The predicted molar refractivity (Wildman–Crippen MR) is 58.5 cm³/mol. The van der Waals surface area contributed by atoms with Crippen molar-refractivity contribution in [2.75, 3.05) is 25.4 Å². The molecule has 5 nitrogen and oxygen atoms in total. The van der Waals surface area contributed by atoms with Crippen LogP contribution in [0.1, 0.15) is 13.3 Å². The summed E-state index contributed by atoms with van der Waals surface area (Å²) in [6, 6.07) is 0. The number of carbonyl (C=O) groups is 1. The molecule has 1 saturated heterocycles. The van der Waals surface area contributed by atoms with Gasteiger partial charge in [-0.1, -0.05) is 6.92 Å². The highest BCUT2D eigenvalue weighted by molar-refractivity contribution is 7.86. The molecule has 0 N–H and O–H groups in total. The van der Waals surface area contributed by atoms with E-state index in [4.69, 9.17) is 4.74 Å². The quantitative estimate of drug-likeness (QED) is 0.682. The summed E-state index contributed by atoms with van der Waals surface area (Å²) < 4.78 is 38.7. The zero-order valence-electron chi connectivity index (χ0n) is 9.63. The van der Waals surface area contributed by atoms with Gasteiger partial charge in [0.1, 0.15) is 5.75 Å². The number of halogens is 1. The lowest BCUT2D eigenvalue weighted by molar-refractivity contribution is -0.139. The molecule has 17 heavy (non-hydrogen) atoms. The molecule has 98 valence electrons. The highest BCUT2D eigenvalue weighted by atomic mass is 32.3. The van der Waals surface area contributed by atoms with Crippen LogP contribution in [0.25, 0.3) is 0 Å². The minimum absolute atomic E-state index is 0.0436. The van der Waals surface area contributed by atoms with Crippen LogP contribution < -0.4 is 0 Å². The van der Waals surface area contributed by atoms with Crippen molar-refractivity contribution in [2.45, 2.75) is 19.4 Å². The fourth-order valence-electron chi connectivity index (χ4n) is 2.14. The first-order valence-corrected chi connectivity index (χ1v) is 7.25. The molecule has 0 spiro atoms. The van der Waals surface area contributed by atoms with Gasteiger partial charge in [0.2, 0.25) is 5.91 Å². The van der Waals surface area contributed by atoms with Crippen LogP contribution in [-0.2, 0) is 19.8 Å². The van der Waals surface area contributed by atoms with E-state index in [1.165, 1.54) is 0 Å². The number of nitrogens with zero attached hydrogens (tertiary/aromatic N) is 1. The van der Waals surface area contributed by atoms with Gasteiger partial charge in [0.05, 0.1) is 12.7 Å². The second-order valence-corrected chi connectivity index (χ2v) is 6.21. The van der Waals surface area contributed by atoms with Crippen molar-refractivity contribution in [1.29, 1.82) is 0 Å². The van der Waals surface area contributed by atoms with E-state index in [1.807, 2.05) is 6.92 Å². The van der Waals surface area contributed by atoms with Crippen LogP contribution in [-0.4, -0.2) is 50.8 Å². The second kappa shape index (κ2) is 4.53. The molecule has 1 aliphatic heterocycles. The Bertz CT molecular complexity index is 411. The molecule has 0 radical (unpaired) electrons. The molecule has 1 amide bonds. The minimum Gasteiger partial charge on any atom is -0.373 e. The summed E-state index contributed by atoms with van der Waals surface area (Å²) in [6.07, 6.45) is 0.152. The Morgan fingerprint density at radius 1 is 1.53 bits per heavy atom. The SMILES string of the molecule is CC1CC1C(=O)N1CCOC(CS(=O)(=O)F)C1. The average Bonchev–Trinajstić information content (AvgIpc) is 2.92. The van der Waals surface area contributed by atoms with Gasteiger partial charge in [-0.15, -0.1) is 3.89 Å². The van der Waals surface area contributed by atoms with Crippen LogP contribution in [0.15, 0.2) is 0 Å².